The van der Waals surface area contributed by atoms with Gasteiger partial charge in [0.15, 0.2) is 0 Å². The predicted octanol–water partition coefficient (Wildman–Crippen LogP) is 1.05. The zero-order chi connectivity index (χ0) is 16.4. The van der Waals surface area contributed by atoms with E-state index in [0.29, 0.717) is 36.8 Å². The third kappa shape index (κ3) is 3.35. The van der Waals surface area contributed by atoms with Crippen LogP contribution in [0.15, 0.2) is 24.3 Å². The molecule has 2 aliphatic heterocycles. The second-order valence-corrected chi connectivity index (χ2v) is 8.18. The predicted molar refractivity (Wildman–Crippen MR) is 90.2 cm³/mol. The molecule has 126 valence electrons. The maximum absolute atomic E-state index is 12.7. The molecule has 1 atom stereocenters. The number of likely N-dealkylation sites (N-methyl/N-ethyl adjacent to an activating group) is 1. The Bertz CT molecular complexity index is 690. The fourth-order valence-electron chi connectivity index (χ4n) is 3.30. The van der Waals surface area contributed by atoms with Crippen LogP contribution in [0.4, 0.5) is 5.69 Å². The normalized spacial score (nSPS) is 24.0. The summed E-state index contributed by atoms with van der Waals surface area (Å²) in [4.78, 5) is 14.6. The number of sulfonamides is 1. The van der Waals surface area contributed by atoms with E-state index in [4.69, 9.17) is 0 Å². The van der Waals surface area contributed by atoms with E-state index in [-0.39, 0.29) is 11.7 Å². The van der Waals surface area contributed by atoms with E-state index < -0.39 is 10.0 Å². The number of nitrogens with one attached hydrogen (secondary N) is 1. The number of carbonyl (C=O) groups excluding carboxylic acids is 1. The second-order valence-electron chi connectivity index (χ2n) is 6.17. The van der Waals surface area contributed by atoms with Crippen LogP contribution in [0.1, 0.15) is 29.6 Å². The summed E-state index contributed by atoms with van der Waals surface area (Å²) in [6, 6.07) is 7.31. The van der Waals surface area contributed by atoms with Crippen molar-refractivity contribution in [3.8, 4) is 0 Å². The van der Waals surface area contributed by atoms with Crippen molar-refractivity contribution in [3.05, 3.63) is 29.8 Å². The van der Waals surface area contributed by atoms with Crippen LogP contribution >= 0.6 is 0 Å². The van der Waals surface area contributed by atoms with Gasteiger partial charge in [-0.05, 0) is 44.5 Å². The van der Waals surface area contributed by atoms with Crippen LogP contribution in [0.2, 0.25) is 0 Å². The van der Waals surface area contributed by atoms with Crippen molar-refractivity contribution in [1.82, 2.24) is 10.2 Å². The van der Waals surface area contributed by atoms with Gasteiger partial charge in [0.2, 0.25) is 10.0 Å². The molecule has 2 fully saturated rings. The molecule has 0 spiro atoms. The van der Waals surface area contributed by atoms with E-state index in [2.05, 4.69) is 5.32 Å². The molecule has 0 aliphatic carbocycles. The Balaban J connectivity index is 1.81. The number of amides is 1. The number of nitrogens with zero attached hydrogens (tertiary/aromatic N) is 2. The minimum atomic E-state index is -3.22. The summed E-state index contributed by atoms with van der Waals surface area (Å²) in [6.45, 7) is 1.94. The standard InChI is InChI=1S/C16H23N3O3S/c1-17-14-6-3-8-18(12-14)16(20)13-5-2-7-15(11-13)19-9-4-10-23(19,21)22/h2,5,7,11,14,17H,3-4,6,8-10,12H2,1H3/t14-/m0/s1. The van der Waals surface area contributed by atoms with Gasteiger partial charge in [-0.3, -0.25) is 9.10 Å². The summed E-state index contributed by atoms with van der Waals surface area (Å²) in [5.74, 6) is 0.157. The third-order valence-corrected chi connectivity index (χ3v) is 6.47. The lowest BCUT2D eigenvalue weighted by Crippen LogP contribution is -2.47. The van der Waals surface area contributed by atoms with Crippen LogP contribution < -0.4 is 9.62 Å². The molecule has 1 amide bonds. The topological polar surface area (TPSA) is 69.7 Å². The molecule has 23 heavy (non-hydrogen) atoms. The zero-order valence-corrected chi connectivity index (χ0v) is 14.2. The van der Waals surface area contributed by atoms with Gasteiger partial charge in [0, 0.05) is 31.2 Å². The number of piperidine rings is 1. The van der Waals surface area contributed by atoms with Crippen LogP contribution in [-0.2, 0) is 10.0 Å². The van der Waals surface area contributed by atoms with E-state index in [9.17, 15) is 13.2 Å². The summed E-state index contributed by atoms with van der Waals surface area (Å²) in [5.41, 5.74) is 1.15. The average molecular weight is 337 g/mol. The van der Waals surface area contributed by atoms with Gasteiger partial charge in [0.05, 0.1) is 11.4 Å². The summed E-state index contributed by atoms with van der Waals surface area (Å²) in [7, 11) is -1.31. The van der Waals surface area contributed by atoms with Gasteiger partial charge in [-0.1, -0.05) is 6.07 Å². The molecule has 2 aliphatic rings. The van der Waals surface area contributed by atoms with Crippen molar-refractivity contribution in [2.75, 3.05) is 36.7 Å². The highest BCUT2D eigenvalue weighted by Crippen LogP contribution is 2.25. The Morgan fingerprint density at radius 3 is 2.78 bits per heavy atom. The van der Waals surface area contributed by atoms with Gasteiger partial charge in [0.1, 0.15) is 0 Å². The Labute approximate surface area is 137 Å². The van der Waals surface area contributed by atoms with E-state index in [1.54, 1.807) is 24.3 Å². The molecule has 1 N–H and O–H groups in total. The summed E-state index contributed by atoms with van der Waals surface area (Å²) in [6.07, 6.45) is 2.69. The van der Waals surface area contributed by atoms with Crippen LogP contribution in [0.5, 0.6) is 0 Å². The minimum Gasteiger partial charge on any atom is -0.337 e. The highest BCUT2D eigenvalue weighted by Gasteiger charge is 2.29. The van der Waals surface area contributed by atoms with Crippen molar-refractivity contribution in [1.29, 1.82) is 0 Å². The lowest BCUT2D eigenvalue weighted by Gasteiger charge is -2.32. The summed E-state index contributed by atoms with van der Waals surface area (Å²) in [5, 5.41) is 3.23. The molecule has 1 aromatic carbocycles. The Hall–Kier alpha value is -1.60. The van der Waals surface area contributed by atoms with Gasteiger partial charge in [-0.2, -0.15) is 0 Å². The average Bonchev–Trinajstić information content (AvgIpc) is 2.93. The largest absolute Gasteiger partial charge is 0.337 e. The maximum Gasteiger partial charge on any atom is 0.253 e. The van der Waals surface area contributed by atoms with Crippen LogP contribution in [0.3, 0.4) is 0 Å². The molecule has 2 saturated heterocycles. The number of anilines is 1. The van der Waals surface area contributed by atoms with Gasteiger partial charge in [0.25, 0.3) is 5.91 Å². The van der Waals surface area contributed by atoms with Gasteiger partial charge < -0.3 is 10.2 Å². The van der Waals surface area contributed by atoms with E-state index in [1.807, 2.05) is 11.9 Å². The van der Waals surface area contributed by atoms with Gasteiger partial charge >= 0.3 is 0 Å². The first-order valence-corrected chi connectivity index (χ1v) is 9.69. The third-order valence-electron chi connectivity index (χ3n) is 4.60. The molecule has 3 rings (SSSR count). The second kappa shape index (κ2) is 6.49. The highest BCUT2D eigenvalue weighted by molar-refractivity contribution is 7.93. The molecule has 7 heteroatoms. The van der Waals surface area contributed by atoms with E-state index in [0.717, 1.165) is 19.4 Å². The van der Waals surface area contributed by atoms with Crippen LogP contribution in [0.25, 0.3) is 0 Å². The van der Waals surface area contributed by atoms with Crippen molar-refractivity contribution in [3.63, 3.8) is 0 Å². The fourth-order valence-corrected chi connectivity index (χ4v) is 4.86. The lowest BCUT2D eigenvalue weighted by molar-refractivity contribution is 0.0698. The van der Waals surface area contributed by atoms with Crippen molar-refractivity contribution in [2.24, 2.45) is 0 Å². The Morgan fingerprint density at radius 1 is 1.26 bits per heavy atom. The Kier molecular flexibility index (Phi) is 4.59. The molecule has 1 aromatic rings. The van der Waals surface area contributed by atoms with Gasteiger partial charge in [-0.15, -0.1) is 0 Å². The molecule has 0 saturated carbocycles. The first kappa shape index (κ1) is 16.3. The number of rotatable bonds is 3. The molecule has 0 radical (unpaired) electrons. The smallest absolute Gasteiger partial charge is 0.253 e. The molecule has 0 unspecified atom stereocenters. The molecule has 6 nitrogen and oxygen atoms in total. The Morgan fingerprint density at radius 2 is 2.09 bits per heavy atom. The van der Waals surface area contributed by atoms with Gasteiger partial charge in [-0.25, -0.2) is 8.42 Å². The zero-order valence-electron chi connectivity index (χ0n) is 13.4. The lowest BCUT2D eigenvalue weighted by atomic mass is 10.0. The van der Waals surface area contributed by atoms with Crippen LogP contribution in [-0.4, -0.2) is 57.7 Å². The molecule has 2 heterocycles. The number of hydrogen-bond acceptors (Lipinski definition) is 4. The monoisotopic (exact) mass is 337 g/mol. The van der Waals surface area contributed by atoms with E-state index >= 15 is 0 Å². The quantitative estimate of drug-likeness (QED) is 0.895. The molecule has 0 bridgehead atoms. The summed E-state index contributed by atoms with van der Waals surface area (Å²) >= 11 is 0. The number of likely N-dealkylation sites (tertiary alicyclic amines) is 1. The van der Waals surface area contributed by atoms with Crippen molar-refractivity contribution >= 4 is 21.6 Å². The SMILES string of the molecule is CN[C@H]1CCCN(C(=O)c2cccc(N3CCCS3(=O)=O)c2)C1. The number of benzene rings is 1. The molecular formula is C16H23N3O3S. The highest BCUT2D eigenvalue weighted by atomic mass is 32.2. The maximum atomic E-state index is 12.7. The number of hydrogen-bond donors (Lipinski definition) is 1. The first-order valence-electron chi connectivity index (χ1n) is 8.08. The molecular weight excluding hydrogens is 314 g/mol. The first-order chi connectivity index (χ1) is 11.0. The van der Waals surface area contributed by atoms with Crippen molar-refractivity contribution in [2.45, 2.75) is 25.3 Å². The number of carbonyl (C=O) groups is 1. The van der Waals surface area contributed by atoms with Crippen molar-refractivity contribution < 1.29 is 13.2 Å². The summed E-state index contributed by atoms with van der Waals surface area (Å²) < 4.78 is 25.5. The minimum absolute atomic E-state index is 0.0246. The molecule has 0 aromatic heterocycles. The fraction of sp³-hybridized carbons (Fsp3) is 0.562. The van der Waals surface area contributed by atoms with Crippen LogP contribution in [0, 0.1) is 0 Å². The van der Waals surface area contributed by atoms with E-state index in [1.165, 1.54) is 4.31 Å².